The topological polar surface area (TPSA) is 67.9 Å². The average molecular weight is 286 g/mol. The van der Waals surface area contributed by atoms with Crippen LogP contribution in [0.5, 0.6) is 0 Å². The van der Waals surface area contributed by atoms with Gasteiger partial charge in [-0.05, 0) is 40.0 Å². The molecule has 1 aliphatic heterocycles. The summed E-state index contributed by atoms with van der Waals surface area (Å²) in [4.78, 5) is 30.1. The first-order valence-electron chi connectivity index (χ1n) is 7.10. The number of hydroxylamine groups is 1. The van der Waals surface area contributed by atoms with Gasteiger partial charge in [0.1, 0.15) is 11.4 Å². The Morgan fingerprint density at radius 2 is 2.05 bits per heavy atom. The predicted octanol–water partition coefficient (Wildman–Crippen LogP) is 1.89. The van der Waals surface area contributed by atoms with Crippen molar-refractivity contribution < 1.29 is 19.2 Å². The van der Waals surface area contributed by atoms with Crippen molar-refractivity contribution in [2.45, 2.75) is 58.1 Å². The molecule has 1 amide bonds. The molecule has 1 unspecified atom stereocenters. The van der Waals surface area contributed by atoms with E-state index in [4.69, 9.17) is 4.74 Å². The third kappa shape index (κ3) is 5.88. The molecule has 1 fully saturated rings. The molecule has 6 heteroatoms. The molecule has 0 saturated carbocycles. The van der Waals surface area contributed by atoms with Crippen LogP contribution < -0.4 is 5.48 Å². The highest BCUT2D eigenvalue weighted by atomic mass is 16.6. The van der Waals surface area contributed by atoms with Crippen molar-refractivity contribution in [3.8, 4) is 0 Å². The van der Waals surface area contributed by atoms with Gasteiger partial charge in [0.25, 0.3) is 0 Å². The smallest absolute Gasteiger partial charge is 0.410 e. The van der Waals surface area contributed by atoms with Gasteiger partial charge in [-0.1, -0.05) is 0 Å². The summed E-state index contributed by atoms with van der Waals surface area (Å²) in [6.07, 6.45) is 2.75. The number of nitrogens with one attached hydrogen (secondary N) is 1. The lowest BCUT2D eigenvalue weighted by atomic mass is 10.1. The monoisotopic (exact) mass is 286 g/mol. The number of ether oxygens (including phenoxy) is 1. The molecule has 0 bridgehead atoms. The maximum absolute atomic E-state index is 12.1. The van der Waals surface area contributed by atoms with Crippen LogP contribution in [0.15, 0.2) is 0 Å². The lowest BCUT2D eigenvalue weighted by molar-refractivity contribution is -0.120. The molecule has 6 nitrogen and oxygen atoms in total. The number of likely N-dealkylation sites (tertiary alicyclic amines) is 1. The molecule has 0 aliphatic carbocycles. The number of ketones is 1. The highest BCUT2D eigenvalue weighted by molar-refractivity contribution is 5.80. The van der Waals surface area contributed by atoms with Crippen LogP contribution in [0.2, 0.25) is 0 Å². The van der Waals surface area contributed by atoms with Gasteiger partial charge in [-0.25, -0.2) is 4.79 Å². The number of rotatable bonds is 6. The van der Waals surface area contributed by atoms with Crippen LogP contribution in [0.4, 0.5) is 4.79 Å². The third-order valence-electron chi connectivity index (χ3n) is 3.18. The van der Waals surface area contributed by atoms with Crippen molar-refractivity contribution in [1.82, 2.24) is 10.4 Å². The van der Waals surface area contributed by atoms with Crippen molar-refractivity contribution in [2.24, 2.45) is 0 Å². The largest absolute Gasteiger partial charge is 0.444 e. The SMILES string of the molecule is CONCC(=O)CCC1CCCN1C(=O)OC(C)(C)C. The second kappa shape index (κ2) is 7.59. The summed E-state index contributed by atoms with van der Waals surface area (Å²) in [5.74, 6) is 0.0860. The van der Waals surface area contributed by atoms with E-state index >= 15 is 0 Å². The first-order chi connectivity index (χ1) is 9.33. The van der Waals surface area contributed by atoms with Gasteiger partial charge in [-0.2, -0.15) is 5.48 Å². The van der Waals surface area contributed by atoms with E-state index in [1.807, 2.05) is 20.8 Å². The van der Waals surface area contributed by atoms with Gasteiger partial charge in [0.05, 0.1) is 13.7 Å². The van der Waals surface area contributed by atoms with Gasteiger partial charge in [-0.15, -0.1) is 0 Å². The van der Waals surface area contributed by atoms with E-state index in [0.717, 1.165) is 12.8 Å². The van der Waals surface area contributed by atoms with Gasteiger partial charge < -0.3 is 14.5 Å². The Morgan fingerprint density at radius 1 is 1.35 bits per heavy atom. The number of carbonyl (C=O) groups excluding carboxylic acids is 2. The summed E-state index contributed by atoms with van der Waals surface area (Å²) in [6.45, 7) is 6.49. The Bertz CT molecular complexity index is 339. The zero-order valence-corrected chi connectivity index (χ0v) is 12.9. The molecule has 0 radical (unpaired) electrons. The Hall–Kier alpha value is -1.14. The molecule has 0 aromatic carbocycles. The molecule has 0 spiro atoms. The molecular formula is C14H26N2O4. The maximum Gasteiger partial charge on any atom is 0.410 e. The molecule has 1 saturated heterocycles. The van der Waals surface area contributed by atoms with Crippen LogP contribution in [-0.4, -0.2) is 48.6 Å². The van der Waals surface area contributed by atoms with Gasteiger partial charge in [0.15, 0.2) is 0 Å². The highest BCUT2D eigenvalue weighted by Crippen LogP contribution is 2.23. The Balaban J connectivity index is 2.41. The Kier molecular flexibility index (Phi) is 6.42. The molecule has 116 valence electrons. The van der Waals surface area contributed by atoms with Crippen molar-refractivity contribution in [3.63, 3.8) is 0 Å². The minimum Gasteiger partial charge on any atom is -0.444 e. The van der Waals surface area contributed by atoms with Crippen LogP contribution >= 0.6 is 0 Å². The fourth-order valence-corrected chi connectivity index (χ4v) is 2.27. The molecular weight excluding hydrogens is 260 g/mol. The van der Waals surface area contributed by atoms with Crippen LogP contribution in [-0.2, 0) is 14.4 Å². The molecule has 1 aliphatic rings. The molecule has 0 aromatic heterocycles. The number of amides is 1. The summed E-state index contributed by atoms with van der Waals surface area (Å²) in [7, 11) is 1.48. The molecule has 1 heterocycles. The first kappa shape index (κ1) is 16.9. The molecule has 20 heavy (non-hydrogen) atoms. The van der Waals surface area contributed by atoms with Crippen LogP contribution in [0, 0.1) is 0 Å². The van der Waals surface area contributed by atoms with Crippen molar-refractivity contribution in [1.29, 1.82) is 0 Å². The van der Waals surface area contributed by atoms with E-state index in [1.165, 1.54) is 7.11 Å². The molecule has 0 aromatic rings. The number of Topliss-reactive ketones (excluding diaryl/α,β-unsaturated/α-hetero) is 1. The van der Waals surface area contributed by atoms with Crippen molar-refractivity contribution in [2.75, 3.05) is 20.2 Å². The van der Waals surface area contributed by atoms with Gasteiger partial charge in [0, 0.05) is 19.0 Å². The Morgan fingerprint density at radius 3 is 2.65 bits per heavy atom. The fraction of sp³-hybridized carbons (Fsp3) is 0.857. The second-order valence-corrected chi connectivity index (χ2v) is 6.07. The number of nitrogens with zero attached hydrogens (tertiary/aromatic N) is 1. The maximum atomic E-state index is 12.1. The lowest BCUT2D eigenvalue weighted by Gasteiger charge is -2.28. The molecule has 1 rings (SSSR count). The van der Waals surface area contributed by atoms with E-state index in [1.54, 1.807) is 4.90 Å². The normalized spacial score (nSPS) is 19.2. The summed E-state index contributed by atoms with van der Waals surface area (Å²) >= 11 is 0. The van der Waals surface area contributed by atoms with Crippen LogP contribution in [0.1, 0.15) is 46.5 Å². The zero-order valence-electron chi connectivity index (χ0n) is 12.9. The average Bonchev–Trinajstić information content (AvgIpc) is 2.80. The summed E-state index contributed by atoms with van der Waals surface area (Å²) < 4.78 is 5.39. The third-order valence-corrected chi connectivity index (χ3v) is 3.18. The van der Waals surface area contributed by atoms with Crippen molar-refractivity contribution in [3.05, 3.63) is 0 Å². The summed E-state index contributed by atoms with van der Waals surface area (Å²) in [6, 6.07) is 0.108. The van der Waals surface area contributed by atoms with Gasteiger partial charge in [-0.3, -0.25) is 4.79 Å². The lowest BCUT2D eigenvalue weighted by Crippen LogP contribution is -2.40. The Labute approximate surface area is 120 Å². The van der Waals surface area contributed by atoms with E-state index in [-0.39, 0.29) is 24.5 Å². The number of hydrogen-bond acceptors (Lipinski definition) is 5. The predicted molar refractivity (Wildman–Crippen MR) is 75.2 cm³/mol. The number of hydrogen-bond donors (Lipinski definition) is 1. The summed E-state index contributed by atoms with van der Waals surface area (Å²) in [5, 5.41) is 0. The standard InChI is InChI=1S/C14H26N2O4/c1-14(2,3)20-13(18)16-9-5-6-11(16)7-8-12(17)10-15-19-4/h11,15H,5-10H2,1-4H3. The fourth-order valence-electron chi connectivity index (χ4n) is 2.27. The van der Waals surface area contributed by atoms with Crippen LogP contribution in [0.3, 0.4) is 0 Å². The van der Waals surface area contributed by atoms with Gasteiger partial charge >= 0.3 is 6.09 Å². The number of carbonyl (C=O) groups is 2. The molecule has 1 atom stereocenters. The van der Waals surface area contributed by atoms with Crippen LogP contribution in [0.25, 0.3) is 0 Å². The van der Waals surface area contributed by atoms with E-state index in [9.17, 15) is 9.59 Å². The van der Waals surface area contributed by atoms with E-state index < -0.39 is 5.60 Å². The minimum atomic E-state index is -0.484. The first-order valence-corrected chi connectivity index (χ1v) is 7.10. The molecule has 1 N–H and O–H groups in total. The quantitative estimate of drug-likeness (QED) is 0.755. The van der Waals surface area contributed by atoms with E-state index in [2.05, 4.69) is 10.3 Å². The summed E-state index contributed by atoms with van der Waals surface area (Å²) in [5.41, 5.74) is 2.05. The zero-order chi connectivity index (χ0) is 15.2. The highest BCUT2D eigenvalue weighted by Gasteiger charge is 2.32. The van der Waals surface area contributed by atoms with Gasteiger partial charge in [0.2, 0.25) is 0 Å². The minimum absolute atomic E-state index is 0.0860. The second-order valence-electron chi connectivity index (χ2n) is 6.07. The van der Waals surface area contributed by atoms with Crippen molar-refractivity contribution >= 4 is 11.9 Å². The van der Waals surface area contributed by atoms with E-state index in [0.29, 0.717) is 19.4 Å².